The molecule has 1 aromatic carbocycles. The molecule has 0 bridgehead atoms. The van der Waals surface area contributed by atoms with Crippen molar-refractivity contribution in [3.8, 4) is 0 Å². The Morgan fingerprint density at radius 2 is 1.76 bits per heavy atom. The summed E-state index contributed by atoms with van der Waals surface area (Å²) in [6.45, 7) is 12.7. The van der Waals surface area contributed by atoms with Gasteiger partial charge >= 0.3 is 5.97 Å². The van der Waals surface area contributed by atoms with E-state index in [4.69, 9.17) is 14.2 Å². The van der Waals surface area contributed by atoms with Crippen LogP contribution < -0.4 is 5.32 Å². The summed E-state index contributed by atoms with van der Waals surface area (Å²) in [5.41, 5.74) is 2.64. The van der Waals surface area contributed by atoms with Crippen LogP contribution in [0.3, 0.4) is 0 Å². The number of carbonyl (C=O) groups excluding carboxylic acids is 3. The van der Waals surface area contributed by atoms with Gasteiger partial charge < -0.3 is 29.4 Å². The molecule has 0 aromatic heterocycles. The minimum atomic E-state index is -0.924. The van der Waals surface area contributed by atoms with Gasteiger partial charge in [-0.1, -0.05) is 49.1 Å². The monoisotopic (exact) mass is 690 g/mol. The summed E-state index contributed by atoms with van der Waals surface area (Å²) in [6, 6.07) is 7.09. The molecule has 2 N–H and O–H groups in total. The molecule has 1 fully saturated rings. The fourth-order valence-corrected chi connectivity index (χ4v) is 5.74. The number of amides is 1. The minimum absolute atomic E-state index is 0.112. The smallest absolute Gasteiger partial charge is 0.373 e. The van der Waals surface area contributed by atoms with E-state index in [2.05, 4.69) is 40.7 Å². The van der Waals surface area contributed by atoms with Gasteiger partial charge in [0.1, 0.15) is 5.76 Å². The number of ketones is 1. The molecule has 2 aliphatic rings. The van der Waals surface area contributed by atoms with Crippen LogP contribution in [0.2, 0.25) is 0 Å². The first kappa shape index (κ1) is 40.2. The van der Waals surface area contributed by atoms with Gasteiger partial charge in [-0.15, -0.1) is 0 Å². The standard InChI is InChI=1S/C40H54N2O8/c1-7-30(8-2)38-34(39(45)41-5)19-18-33(31-16-17-31)35(26-28(4)50-38)42(6)21-10-22-47-23-11-24-48-25-20-29-12-14-32(15-13-29)36(43)27-37(44)40(46)49-9-3/h7-8,12-15,18-19,26-27,31,33,35,44H,1,9-11,16-17,20-25H2,2-6H3,(H,41,45)/b19-18+,28-26+,30-8+,37-27-,38-34+. The SMILES string of the molecule is C=CC(=C\C)/C1=C(C(=O)NC)/C=C/C(C2CC2)C(N(C)CCCOCCCOCCc2ccc(C(=O)/C=C(\O)C(=O)OCC)cc2)/C=C(\C)O1. The number of esters is 1. The van der Waals surface area contributed by atoms with Crippen LogP contribution >= 0.6 is 0 Å². The van der Waals surface area contributed by atoms with Crippen LogP contribution in [0.25, 0.3) is 0 Å². The van der Waals surface area contributed by atoms with Crippen LogP contribution in [-0.2, 0) is 35.0 Å². The van der Waals surface area contributed by atoms with Crippen molar-refractivity contribution in [2.75, 3.05) is 53.7 Å². The first-order valence-electron chi connectivity index (χ1n) is 17.5. The van der Waals surface area contributed by atoms with E-state index in [1.54, 1.807) is 32.2 Å². The molecule has 1 saturated carbocycles. The maximum Gasteiger partial charge on any atom is 0.373 e. The molecule has 2 atom stereocenters. The maximum absolute atomic E-state index is 12.9. The fourth-order valence-electron chi connectivity index (χ4n) is 5.74. The number of nitrogens with one attached hydrogen (secondary N) is 1. The Morgan fingerprint density at radius 1 is 1.08 bits per heavy atom. The molecule has 10 heteroatoms. The normalized spacial score (nSPS) is 21.6. The van der Waals surface area contributed by atoms with Gasteiger partial charge in [0.05, 0.1) is 24.5 Å². The number of ether oxygens (including phenoxy) is 4. The molecule has 0 radical (unpaired) electrons. The lowest BCUT2D eigenvalue weighted by atomic mass is 9.91. The molecule has 1 heterocycles. The van der Waals surface area contributed by atoms with Crippen molar-refractivity contribution in [2.45, 2.75) is 58.9 Å². The number of aliphatic hydroxyl groups is 1. The van der Waals surface area contributed by atoms with Crippen molar-refractivity contribution in [3.63, 3.8) is 0 Å². The van der Waals surface area contributed by atoms with E-state index in [0.717, 1.165) is 42.4 Å². The van der Waals surface area contributed by atoms with E-state index in [0.29, 0.717) is 55.7 Å². The zero-order valence-corrected chi connectivity index (χ0v) is 30.2. The summed E-state index contributed by atoms with van der Waals surface area (Å²) in [6.07, 6.45) is 15.5. The Balaban J connectivity index is 1.40. The molecule has 1 aliphatic carbocycles. The number of carbonyl (C=O) groups is 3. The van der Waals surface area contributed by atoms with Crippen molar-refractivity contribution < 1.29 is 38.4 Å². The topological polar surface area (TPSA) is 124 Å². The van der Waals surface area contributed by atoms with Crippen molar-refractivity contribution >= 4 is 17.7 Å². The molecular weight excluding hydrogens is 636 g/mol. The number of rotatable bonds is 20. The van der Waals surface area contributed by atoms with Gasteiger partial charge in [-0.2, -0.15) is 0 Å². The van der Waals surface area contributed by atoms with Crippen LogP contribution in [0.15, 0.2) is 95.7 Å². The third kappa shape index (κ3) is 12.6. The lowest BCUT2D eigenvalue weighted by molar-refractivity contribution is -0.141. The number of likely N-dealkylation sites (N-methyl/N-ethyl adjacent to an activating group) is 2. The fraction of sp³-hybridized carbons (Fsp3) is 0.475. The molecule has 3 rings (SSSR count). The predicted molar refractivity (Wildman–Crippen MR) is 194 cm³/mol. The summed E-state index contributed by atoms with van der Waals surface area (Å²) in [5.74, 6) is -0.229. The maximum atomic E-state index is 12.9. The average Bonchev–Trinajstić information content (AvgIpc) is 3.95. The summed E-state index contributed by atoms with van der Waals surface area (Å²) < 4.78 is 22.7. The number of hydrogen-bond donors (Lipinski definition) is 2. The van der Waals surface area contributed by atoms with Crippen LogP contribution in [0.4, 0.5) is 0 Å². The van der Waals surface area contributed by atoms with Crippen LogP contribution in [0, 0.1) is 11.8 Å². The number of benzene rings is 1. The van der Waals surface area contributed by atoms with Crippen molar-refractivity contribution in [1.29, 1.82) is 0 Å². The molecule has 0 spiro atoms. The predicted octanol–water partition coefficient (Wildman–Crippen LogP) is 6.18. The molecule has 1 aliphatic heterocycles. The van der Waals surface area contributed by atoms with Gasteiger partial charge in [-0.05, 0) is 89.5 Å². The number of nitrogens with zero attached hydrogens (tertiary/aromatic N) is 1. The van der Waals surface area contributed by atoms with Gasteiger partial charge in [0.2, 0.25) is 5.76 Å². The lowest BCUT2D eigenvalue weighted by Gasteiger charge is -2.31. The van der Waals surface area contributed by atoms with Crippen molar-refractivity contribution in [3.05, 3.63) is 107 Å². The molecule has 10 nitrogen and oxygen atoms in total. The Morgan fingerprint density at radius 3 is 2.38 bits per heavy atom. The van der Waals surface area contributed by atoms with Crippen LogP contribution in [0.1, 0.15) is 62.4 Å². The third-order valence-corrected chi connectivity index (χ3v) is 8.64. The van der Waals surface area contributed by atoms with E-state index in [9.17, 15) is 19.5 Å². The van der Waals surface area contributed by atoms with E-state index in [-0.39, 0.29) is 24.5 Å². The molecule has 1 amide bonds. The van der Waals surface area contributed by atoms with Crippen LogP contribution in [0.5, 0.6) is 0 Å². The largest absolute Gasteiger partial charge is 0.502 e. The highest BCUT2D eigenvalue weighted by Crippen LogP contribution is 2.42. The number of aliphatic hydroxyl groups excluding tert-OH is 1. The summed E-state index contributed by atoms with van der Waals surface area (Å²) in [4.78, 5) is 39.0. The minimum Gasteiger partial charge on any atom is -0.502 e. The molecule has 2 unspecified atom stereocenters. The molecule has 272 valence electrons. The van der Waals surface area contributed by atoms with Gasteiger partial charge in [0.25, 0.3) is 5.91 Å². The van der Waals surface area contributed by atoms with E-state index in [1.807, 2.05) is 38.1 Å². The van der Waals surface area contributed by atoms with Gasteiger partial charge in [-0.25, -0.2) is 4.79 Å². The summed E-state index contributed by atoms with van der Waals surface area (Å²) in [7, 11) is 3.77. The zero-order chi connectivity index (χ0) is 36.5. The van der Waals surface area contributed by atoms with Crippen molar-refractivity contribution in [2.24, 2.45) is 11.8 Å². The highest BCUT2D eigenvalue weighted by atomic mass is 16.5. The molecule has 0 saturated heterocycles. The summed E-state index contributed by atoms with van der Waals surface area (Å²) >= 11 is 0. The average molecular weight is 691 g/mol. The second-order valence-electron chi connectivity index (χ2n) is 12.4. The Hall–Kier alpha value is -4.25. The van der Waals surface area contributed by atoms with Crippen molar-refractivity contribution in [1.82, 2.24) is 10.2 Å². The lowest BCUT2D eigenvalue weighted by Crippen LogP contribution is -2.38. The Labute approximate surface area is 297 Å². The van der Waals surface area contributed by atoms with E-state index < -0.39 is 17.5 Å². The van der Waals surface area contributed by atoms with Crippen LogP contribution in [-0.4, -0.2) is 87.4 Å². The Bertz CT molecular complexity index is 1470. The number of allylic oxidation sites excluding steroid dienone is 4. The van der Waals surface area contributed by atoms with E-state index in [1.165, 1.54) is 12.8 Å². The first-order valence-corrected chi connectivity index (χ1v) is 17.5. The molecule has 1 aromatic rings. The third-order valence-electron chi connectivity index (χ3n) is 8.64. The van der Waals surface area contributed by atoms with E-state index >= 15 is 0 Å². The van der Waals surface area contributed by atoms with Gasteiger partial charge in [0, 0.05) is 56.7 Å². The highest BCUT2D eigenvalue weighted by molar-refractivity contribution is 6.07. The quantitative estimate of drug-likeness (QED) is 0.0413. The zero-order valence-electron chi connectivity index (χ0n) is 30.2. The number of hydrogen-bond acceptors (Lipinski definition) is 9. The molecule has 50 heavy (non-hydrogen) atoms. The van der Waals surface area contributed by atoms with Gasteiger partial charge in [-0.3, -0.25) is 14.5 Å². The first-order chi connectivity index (χ1) is 24.1. The molecular formula is C40H54N2O8. The second-order valence-corrected chi connectivity index (χ2v) is 12.4. The summed E-state index contributed by atoms with van der Waals surface area (Å²) in [5, 5.41) is 12.4. The highest BCUT2D eigenvalue weighted by Gasteiger charge is 2.37. The second kappa shape index (κ2) is 21.1. The van der Waals surface area contributed by atoms with Gasteiger partial charge in [0.15, 0.2) is 5.78 Å². The Kier molecular flexibility index (Phi) is 16.9.